The summed E-state index contributed by atoms with van der Waals surface area (Å²) in [4.78, 5) is 4.71. The number of guanidine groups is 1. The van der Waals surface area contributed by atoms with Crippen molar-refractivity contribution in [1.29, 1.82) is 0 Å². The number of halogens is 1. The van der Waals surface area contributed by atoms with Crippen LogP contribution in [0, 0.1) is 19.8 Å². The van der Waals surface area contributed by atoms with E-state index in [9.17, 15) is 0 Å². The molecule has 146 valence electrons. The number of aromatic nitrogens is 2. The highest BCUT2D eigenvalue weighted by molar-refractivity contribution is 14.0. The van der Waals surface area contributed by atoms with Crippen LogP contribution in [-0.4, -0.2) is 41.5 Å². The van der Waals surface area contributed by atoms with Crippen LogP contribution in [0.25, 0.3) is 0 Å². The molecule has 1 atom stereocenters. The van der Waals surface area contributed by atoms with Crippen LogP contribution in [-0.2, 0) is 18.3 Å². The van der Waals surface area contributed by atoms with Crippen LogP contribution in [0.4, 0.5) is 0 Å². The van der Waals surface area contributed by atoms with Gasteiger partial charge in [0.15, 0.2) is 5.96 Å². The van der Waals surface area contributed by atoms with Gasteiger partial charge in [-0.05, 0) is 40.0 Å². The minimum absolute atomic E-state index is 0. The summed E-state index contributed by atoms with van der Waals surface area (Å²) in [6.07, 6.45) is 1.26. The van der Waals surface area contributed by atoms with Gasteiger partial charge in [-0.15, -0.1) is 24.0 Å². The lowest BCUT2D eigenvalue weighted by molar-refractivity contribution is 0.0258. The number of ether oxygens (including phenoxy) is 1. The van der Waals surface area contributed by atoms with Crippen LogP contribution in [0.5, 0.6) is 0 Å². The minimum atomic E-state index is 0. The van der Waals surface area contributed by atoms with Crippen molar-refractivity contribution in [3.8, 4) is 0 Å². The van der Waals surface area contributed by atoms with E-state index in [1.165, 1.54) is 11.3 Å². The van der Waals surface area contributed by atoms with Crippen LogP contribution in [0.3, 0.4) is 0 Å². The van der Waals surface area contributed by atoms with Crippen molar-refractivity contribution in [2.45, 2.75) is 60.6 Å². The van der Waals surface area contributed by atoms with Gasteiger partial charge >= 0.3 is 0 Å². The Morgan fingerprint density at radius 2 is 1.92 bits per heavy atom. The van der Waals surface area contributed by atoms with Gasteiger partial charge in [0.05, 0.1) is 18.3 Å². The van der Waals surface area contributed by atoms with Gasteiger partial charge in [-0.2, -0.15) is 5.10 Å². The molecule has 0 saturated heterocycles. The third kappa shape index (κ3) is 7.94. The van der Waals surface area contributed by atoms with E-state index in [1.54, 1.807) is 0 Å². The second-order valence-corrected chi connectivity index (χ2v) is 6.42. The molecule has 0 amide bonds. The summed E-state index contributed by atoms with van der Waals surface area (Å²) < 4.78 is 7.71. The fraction of sp³-hybridized carbons (Fsp3) is 0.778. The molecule has 0 radical (unpaired) electrons. The summed E-state index contributed by atoms with van der Waals surface area (Å²) in [5, 5.41) is 11.2. The Balaban J connectivity index is 0.00000576. The lowest BCUT2D eigenvalue weighted by atomic mass is 10.0. The molecule has 0 aliphatic heterocycles. The number of rotatable bonds is 9. The Bertz CT molecular complexity index is 528. The van der Waals surface area contributed by atoms with Crippen molar-refractivity contribution in [3.63, 3.8) is 0 Å². The third-order valence-electron chi connectivity index (χ3n) is 4.24. The molecule has 6 nitrogen and oxygen atoms in total. The monoisotopic (exact) mass is 465 g/mol. The third-order valence-corrected chi connectivity index (χ3v) is 4.24. The zero-order valence-corrected chi connectivity index (χ0v) is 19.2. The van der Waals surface area contributed by atoms with E-state index in [2.05, 4.69) is 43.4 Å². The van der Waals surface area contributed by atoms with Gasteiger partial charge in [0.2, 0.25) is 0 Å². The van der Waals surface area contributed by atoms with E-state index in [0.717, 1.165) is 37.8 Å². The molecule has 25 heavy (non-hydrogen) atoms. The molecule has 0 aliphatic carbocycles. The van der Waals surface area contributed by atoms with Gasteiger partial charge in [-0.3, -0.25) is 4.68 Å². The van der Waals surface area contributed by atoms with Crippen molar-refractivity contribution in [2.24, 2.45) is 18.0 Å². The molecule has 0 aliphatic rings. The van der Waals surface area contributed by atoms with Gasteiger partial charge in [0.1, 0.15) is 0 Å². The van der Waals surface area contributed by atoms with E-state index in [1.807, 2.05) is 25.6 Å². The Labute approximate surface area is 170 Å². The molecule has 1 unspecified atom stereocenters. The van der Waals surface area contributed by atoms with Gasteiger partial charge in [0.25, 0.3) is 0 Å². The SMILES string of the molecule is CCNC(=NCc1c(C)nn(C)c1C)NCCC(OCC)C(C)C.I. The maximum Gasteiger partial charge on any atom is 0.191 e. The lowest BCUT2D eigenvalue weighted by Gasteiger charge is -2.21. The molecule has 7 heteroatoms. The molecule has 0 fully saturated rings. The van der Waals surface area contributed by atoms with Crippen LogP contribution in [0.1, 0.15) is 51.1 Å². The van der Waals surface area contributed by atoms with E-state index >= 15 is 0 Å². The Morgan fingerprint density at radius 1 is 1.24 bits per heavy atom. The van der Waals surface area contributed by atoms with Crippen LogP contribution in [0.15, 0.2) is 4.99 Å². The van der Waals surface area contributed by atoms with Crippen LogP contribution in [0.2, 0.25) is 0 Å². The summed E-state index contributed by atoms with van der Waals surface area (Å²) in [5.74, 6) is 1.37. The topological polar surface area (TPSA) is 63.5 Å². The second kappa shape index (κ2) is 12.5. The number of nitrogens with zero attached hydrogens (tertiary/aromatic N) is 3. The molecule has 0 spiro atoms. The van der Waals surface area contributed by atoms with Gasteiger partial charge in [-0.25, -0.2) is 4.99 Å². The van der Waals surface area contributed by atoms with Crippen molar-refractivity contribution < 1.29 is 4.74 Å². The molecule has 1 heterocycles. The standard InChI is InChI=1S/C18H35N5O.HI/c1-8-19-18(20-11-10-17(13(3)4)24-9-2)21-12-16-14(5)22-23(7)15(16)6;/h13,17H,8-12H2,1-7H3,(H2,19,20,21);1H. The Kier molecular flexibility index (Phi) is 12.1. The number of aryl methyl sites for hydroxylation is 2. The number of hydrogen-bond donors (Lipinski definition) is 2. The van der Waals surface area contributed by atoms with E-state index in [0.29, 0.717) is 12.5 Å². The first-order valence-electron chi connectivity index (χ1n) is 9.03. The molecule has 1 aromatic rings. The first kappa shape index (κ1) is 24.2. The van der Waals surface area contributed by atoms with E-state index in [-0.39, 0.29) is 30.1 Å². The first-order chi connectivity index (χ1) is 11.4. The van der Waals surface area contributed by atoms with Crippen molar-refractivity contribution >= 4 is 29.9 Å². The maximum atomic E-state index is 5.80. The van der Waals surface area contributed by atoms with Gasteiger partial charge in [0, 0.05) is 38.0 Å². The molecule has 0 bridgehead atoms. The summed E-state index contributed by atoms with van der Waals surface area (Å²) in [5.41, 5.74) is 3.42. The Morgan fingerprint density at radius 3 is 2.40 bits per heavy atom. The largest absolute Gasteiger partial charge is 0.378 e. The molecule has 1 rings (SSSR count). The molecule has 0 aromatic carbocycles. The summed E-state index contributed by atoms with van der Waals surface area (Å²) in [6, 6.07) is 0. The number of aliphatic imine (C=N–C) groups is 1. The first-order valence-corrected chi connectivity index (χ1v) is 9.03. The highest BCUT2D eigenvalue weighted by atomic mass is 127. The van der Waals surface area contributed by atoms with E-state index in [4.69, 9.17) is 9.73 Å². The predicted octanol–water partition coefficient (Wildman–Crippen LogP) is 3.16. The van der Waals surface area contributed by atoms with E-state index < -0.39 is 0 Å². The normalized spacial score (nSPS) is 12.9. The summed E-state index contributed by atoms with van der Waals surface area (Å²) >= 11 is 0. The molecular formula is C18H36IN5O. The smallest absolute Gasteiger partial charge is 0.191 e. The van der Waals surface area contributed by atoms with Crippen LogP contribution < -0.4 is 10.6 Å². The summed E-state index contributed by atoms with van der Waals surface area (Å²) in [7, 11) is 1.97. The van der Waals surface area contributed by atoms with Crippen molar-refractivity contribution in [2.75, 3.05) is 19.7 Å². The molecule has 1 aromatic heterocycles. The van der Waals surface area contributed by atoms with Crippen molar-refractivity contribution in [1.82, 2.24) is 20.4 Å². The fourth-order valence-electron chi connectivity index (χ4n) is 2.70. The predicted molar refractivity (Wildman–Crippen MR) is 116 cm³/mol. The quantitative estimate of drug-likeness (QED) is 0.334. The molecule has 2 N–H and O–H groups in total. The summed E-state index contributed by atoms with van der Waals surface area (Å²) in [6.45, 7) is 15.7. The van der Waals surface area contributed by atoms with Crippen LogP contribution >= 0.6 is 24.0 Å². The lowest BCUT2D eigenvalue weighted by Crippen LogP contribution is -2.39. The zero-order chi connectivity index (χ0) is 18.1. The highest BCUT2D eigenvalue weighted by Crippen LogP contribution is 2.13. The second-order valence-electron chi connectivity index (χ2n) is 6.42. The highest BCUT2D eigenvalue weighted by Gasteiger charge is 2.13. The average molecular weight is 465 g/mol. The van der Waals surface area contributed by atoms with Crippen molar-refractivity contribution in [3.05, 3.63) is 17.0 Å². The zero-order valence-electron chi connectivity index (χ0n) is 16.8. The van der Waals surface area contributed by atoms with Gasteiger partial charge < -0.3 is 15.4 Å². The Hall–Kier alpha value is -0.830. The number of nitrogens with one attached hydrogen (secondary N) is 2. The average Bonchev–Trinajstić information content (AvgIpc) is 2.76. The maximum absolute atomic E-state index is 5.80. The number of hydrogen-bond acceptors (Lipinski definition) is 3. The minimum Gasteiger partial charge on any atom is -0.378 e. The fourth-order valence-corrected chi connectivity index (χ4v) is 2.70. The molecule has 0 saturated carbocycles. The molecular weight excluding hydrogens is 429 g/mol. The van der Waals surface area contributed by atoms with Gasteiger partial charge in [-0.1, -0.05) is 13.8 Å².